The van der Waals surface area contributed by atoms with Gasteiger partial charge < -0.3 is 5.32 Å². The van der Waals surface area contributed by atoms with Crippen LogP contribution in [-0.2, 0) is 6.42 Å². The van der Waals surface area contributed by atoms with Gasteiger partial charge in [0.1, 0.15) is 0 Å². The molecule has 0 saturated heterocycles. The molecule has 1 rings (SSSR count). The summed E-state index contributed by atoms with van der Waals surface area (Å²) >= 11 is 5.97. The molecule has 0 heterocycles. The van der Waals surface area contributed by atoms with Crippen LogP contribution in [0.15, 0.2) is 18.2 Å². The normalized spacial score (nSPS) is 12.9. The molecule has 0 aliphatic carbocycles. The first-order chi connectivity index (χ1) is 6.67. The zero-order valence-electron chi connectivity index (χ0n) is 9.10. The minimum atomic E-state index is 0.565. The summed E-state index contributed by atoms with van der Waals surface area (Å²) in [6.45, 7) is 4.25. The van der Waals surface area contributed by atoms with E-state index in [4.69, 9.17) is 11.6 Å². The third kappa shape index (κ3) is 3.00. The maximum atomic E-state index is 5.97. The minimum Gasteiger partial charge on any atom is -0.317 e. The predicted molar refractivity (Wildman–Crippen MR) is 63.0 cm³/mol. The van der Waals surface area contributed by atoms with E-state index in [1.54, 1.807) is 0 Å². The highest BCUT2D eigenvalue weighted by molar-refractivity contribution is 6.31. The number of benzene rings is 1. The highest BCUT2D eigenvalue weighted by atomic mass is 35.5. The average Bonchev–Trinajstić information content (AvgIpc) is 2.19. The number of hydrogen-bond acceptors (Lipinski definition) is 1. The molecule has 0 radical (unpaired) electrons. The highest BCUT2D eigenvalue weighted by Crippen LogP contribution is 2.17. The average molecular weight is 212 g/mol. The van der Waals surface area contributed by atoms with E-state index in [9.17, 15) is 0 Å². The van der Waals surface area contributed by atoms with Crippen molar-refractivity contribution in [3.63, 3.8) is 0 Å². The summed E-state index contributed by atoms with van der Waals surface area (Å²) in [6.07, 6.45) is 2.23. The van der Waals surface area contributed by atoms with Gasteiger partial charge >= 0.3 is 0 Å². The van der Waals surface area contributed by atoms with Gasteiger partial charge in [-0.15, -0.1) is 0 Å². The number of aryl methyl sites for hydroxylation is 1. The molecule has 0 aliphatic heterocycles. The van der Waals surface area contributed by atoms with Gasteiger partial charge in [-0.3, -0.25) is 0 Å². The van der Waals surface area contributed by atoms with Crippen LogP contribution in [0.1, 0.15) is 24.5 Å². The fraction of sp³-hybridized carbons (Fsp3) is 0.500. The Morgan fingerprint density at radius 2 is 2.14 bits per heavy atom. The second kappa shape index (κ2) is 5.38. The molecule has 0 bridgehead atoms. The molecule has 1 nitrogen and oxygen atoms in total. The van der Waals surface area contributed by atoms with Crippen molar-refractivity contribution >= 4 is 11.6 Å². The number of nitrogens with one attached hydrogen (secondary N) is 1. The predicted octanol–water partition coefficient (Wildman–Crippen LogP) is 3.19. The summed E-state index contributed by atoms with van der Waals surface area (Å²) in [6, 6.07) is 6.82. The van der Waals surface area contributed by atoms with Crippen LogP contribution in [0.4, 0.5) is 0 Å². The van der Waals surface area contributed by atoms with Crippen LogP contribution < -0.4 is 5.32 Å². The molecule has 1 aromatic carbocycles. The summed E-state index contributed by atoms with van der Waals surface area (Å²) < 4.78 is 0. The Balaban J connectivity index is 2.72. The van der Waals surface area contributed by atoms with Crippen LogP contribution >= 0.6 is 11.6 Å². The molecular weight excluding hydrogens is 194 g/mol. The van der Waals surface area contributed by atoms with Crippen molar-refractivity contribution in [3.05, 3.63) is 34.3 Å². The van der Waals surface area contributed by atoms with E-state index in [0.29, 0.717) is 6.04 Å². The van der Waals surface area contributed by atoms with Crippen LogP contribution in [0.5, 0.6) is 0 Å². The molecule has 0 fully saturated rings. The van der Waals surface area contributed by atoms with Crippen LogP contribution in [-0.4, -0.2) is 13.1 Å². The van der Waals surface area contributed by atoms with Gasteiger partial charge in [0.25, 0.3) is 0 Å². The molecule has 1 unspecified atom stereocenters. The van der Waals surface area contributed by atoms with Gasteiger partial charge in [0.15, 0.2) is 0 Å². The lowest BCUT2D eigenvalue weighted by Crippen LogP contribution is -2.26. The molecule has 14 heavy (non-hydrogen) atoms. The monoisotopic (exact) mass is 211 g/mol. The summed E-state index contributed by atoms with van der Waals surface area (Å²) in [5.41, 5.74) is 2.52. The number of hydrogen-bond donors (Lipinski definition) is 1. The van der Waals surface area contributed by atoms with Gasteiger partial charge in [0, 0.05) is 11.1 Å². The van der Waals surface area contributed by atoms with Crippen LogP contribution in [0.3, 0.4) is 0 Å². The quantitative estimate of drug-likeness (QED) is 0.807. The third-order valence-electron chi connectivity index (χ3n) is 2.61. The first kappa shape index (κ1) is 11.5. The van der Waals surface area contributed by atoms with Gasteiger partial charge in [-0.1, -0.05) is 30.7 Å². The third-order valence-corrected chi connectivity index (χ3v) is 3.03. The summed E-state index contributed by atoms with van der Waals surface area (Å²) in [5.74, 6) is 0. The smallest absolute Gasteiger partial charge is 0.0435 e. The van der Waals surface area contributed by atoms with E-state index < -0.39 is 0 Å². The zero-order chi connectivity index (χ0) is 10.6. The Bertz CT molecular complexity index is 292. The molecular formula is C12H18ClN. The highest BCUT2D eigenvalue weighted by Gasteiger charge is 2.05. The van der Waals surface area contributed by atoms with Crippen molar-refractivity contribution in [1.82, 2.24) is 5.32 Å². The largest absolute Gasteiger partial charge is 0.317 e. The SMILES string of the molecule is CCC(Cc1ccc(Cl)c(C)c1)NC. The standard InChI is InChI=1S/C12H18ClN/c1-4-11(14-3)8-10-5-6-12(13)9(2)7-10/h5-7,11,14H,4,8H2,1-3H3. The molecule has 0 amide bonds. The molecule has 0 saturated carbocycles. The van der Waals surface area contributed by atoms with Crippen molar-refractivity contribution in [2.24, 2.45) is 0 Å². The van der Waals surface area contributed by atoms with Gasteiger partial charge in [0.05, 0.1) is 0 Å². The van der Waals surface area contributed by atoms with Crippen molar-refractivity contribution in [3.8, 4) is 0 Å². The van der Waals surface area contributed by atoms with Crippen molar-refractivity contribution in [2.45, 2.75) is 32.7 Å². The molecule has 1 atom stereocenters. The maximum absolute atomic E-state index is 5.97. The number of rotatable bonds is 4. The van der Waals surface area contributed by atoms with Gasteiger partial charge in [-0.25, -0.2) is 0 Å². The van der Waals surface area contributed by atoms with Gasteiger partial charge in [0.2, 0.25) is 0 Å². The number of likely N-dealkylation sites (N-methyl/N-ethyl adjacent to an activating group) is 1. The first-order valence-electron chi connectivity index (χ1n) is 5.09. The fourth-order valence-corrected chi connectivity index (χ4v) is 1.69. The Labute approximate surface area is 91.5 Å². The molecule has 0 aliphatic rings. The van der Waals surface area contributed by atoms with Crippen LogP contribution in [0.2, 0.25) is 5.02 Å². The summed E-state index contributed by atoms with van der Waals surface area (Å²) in [4.78, 5) is 0. The lowest BCUT2D eigenvalue weighted by Gasteiger charge is -2.14. The van der Waals surface area contributed by atoms with Gasteiger partial charge in [-0.05, 0) is 44.0 Å². The maximum Gasteiger partial charge on any atom is 0.0435 e. The zero-order valence-corrected chi connectivity index (χ0v) is 9.86. The van der Waals surface area contributed by atoms with Crippen molar-refractivity contribution in [1.29, 1.82) is 0 Å². The van der Waals surface area contributed by atoms with Gasteiger partial charge in [-0.2, -0.15) is 0 Å². The van der Waals surface area contributed by atoms with E-state index in [1.165, 1.54) is 5.56 Å². The topological polar surface area (TPSA) is 12.0 Å². The Morgan fingerprint density at radius 1 is 1.43 bits per heavy atom. The molecule has 0 spiro atoms. The van der Waals surface area contributed by atoms with Crippen LogP contribution in [0.25, 0.3) is 0 Å². The van der Waals surface area contributed by atoms with E-state index in [2.05, 4.69) is 24.4 Å². The molecule has 2 heteroatoms. The first-order valence-corrected chi connectivity index (χ1v) is 5.47. The lowest BCUT2D eigenvalue weighted by atomic mass is 10.0. The molecule has 0 aromatic heterocycles. The molecule has 1 N–H and O–H groups in total. The molecule has 78 valence electrons. The van der Waals surface area contributed by atoms with Crippen molar-refractivity contribution < 1.29 is 0 Å². The van der Waals surface area contributed by atoms with E-state index >= 15 is 0 Å². The van der Waals surface area contributed by atoms with E-state index in [1.807, 2.05) is 20.0 Å². The van der Waals surface area contributed by atoms with Crippen molar-refractivity contribution in [2.75, 3.05) is 7.05 Å². The molecule has 1 aromatic rings. The lowest BCUT2D eigenvalue weighted by molar-refractivity contribution is 0.543. The summed E-state index contributed by atoms with van der Waals surface area (Å²) in [7, 11) is 2.01. The van der Waals surface area contributed by atoms with E-state index in [-0.39, 0.29) is 0 Å². The Kier molecular flexibility index (Phi) is 4.43. The second-order valence-corrected chi connectivity index (χ2v) is 4.09. The number of halogens is 1. The Morgan fingerprint density at radius 3 is 2.64 bits per heavy atom. The summed E-state index contributed by atoms with van der Waals surface area (Å²) in [5, 5.41) is 4.15. The minimum absolute atomic E-state index is 0.565. The Hall–Kier alpha value is -0.530. The van der Waals surface area contributed by atoms with E-state index in [0.717, 1.165) is 23.4 Å². The van der Waals surface area contributed by atoms with Crippen LogP contribution in [0, 0.1) is 6.92 Å². The fourth-order valence-electron chi connectivity index (χ4n) is 1.57. The second-order valence-electron chi connectivity index (χ2n) is 3.68.